The molecule has 1 aromatic heterocycles. The number of piperidine rings is 1. The van der Waals surface area contributed by atoms with Crippen LogP contribution in [0.15, 0.2) is 40.8 Å². The Kier molecular flexibility index (Phi) is 6.21. The highest BCUT2D eigenvalue weighted by Crippen LogP contribution is 2.24. The van der Waals surface area contributed by atoms with E-state index >= 15 is 0 Å². The molecule has 7 heteroatoms. The molecule has 0 saturated carbocycles. The third-order valence-electron chi connectivity index (χ3n) is 5.67. The number of halogens is 1. The van der Waals surface area contributed by atoms with Crippen molar-refractivity contribution in [3.8, 4) is 11.3 Å². The number of nitrogens with zero attached hydrogens (tertiary/aromatic N) is 3. The summed E-state index contributed by atoms with van der Waals surface area (Å²) in [6.45, 7) is 4.82. The number of carbonyl (C=O) groups excluding carboxylic acids is 2. The lowest BCUT2D eigenvalue weighted by Crippen LogP contribution is -2.52. The Balaban J connectivity index is 1.30. The van der Waals surface area contributed by atoms with Gasteiger partial charge in [0.15, 0.2) is 5.76 Å². The summed E-state index contributed by atoms with van der Waals surface area (Å²) < 4.78 is 5.79. The van der Waals surface area contributed by atoms with Gasteiger partial charge in [-0.25, -0.2) is 0 Å². The Bertz CT molecular complexity index is 850. The summed E-state index contributed by atoms with van der Waals surface area (Å²) in [4.78, 5) is 31.1. The van der Waals surface area contributed by atoms with Crippen LogP contribution in [0.1, 0.15) is 29.8 Å². The summed E-state index contributed by atoms with van der Waals surface area (Å²) in [6, 6.07) is 10.9. The third kappa shape index (κ3) is 4.82. The zero-order chi connectivity index (χ0) is 20.2. The number of hydrogen-bond donors (Lipinski definition) is 0. The predicted octanol–water partition coefficient (Wildman–Crippen LogP) is 3.37. The van der Waals surface area contributed by atoms with Crippen molar-refractivity contribution in [3.05, 3.63) is 47.2 Å². The maximum absolute atomic E-state index is 12.8. The van der Waals surface area contributed by atoms with Gasteiger partial charge in [-0.3, -0.25) is 14.5 Å². The first-order valence-corrected chi connectivity index (χ1v) is 10.6. The molecule has 0 radical (unpaired) electrons. The van der Waals surface area contributed by atoms with Crippen LogP contribution in [0.5, 0.6) is 0 Å². The summed E-state index contributed by atoms with van der Waals surface area (Å²) >= 11 is 5.92. The van der Waals surface area contributed by atoms with Crippen LogP contribution < -0.4 is 0 Å². The van der Waals surface area contributed by atoms with Gasteiger partial charge in [-0.1, -0.05) is 11.6 Å². The van der Waals surface area contributed by atoms with Crippen LogP contribution in [-0.4, -0.2) is 72.3 Å². The Labute approximate surface area is 176 Å². The summed E-state index contributed by atoms with van der Waals surface area (Å²) in [5, 5.41) is 0.660. The highest BCUT2D eigenvalue weighted by molar-refractivity contribution is 6.30. The maximum Gasteiger partial charge on any atom is 0.289 e. The molecule has 2 saturated heterocycles. The van der Waals surface area contributed by atoms with Crippen molar-refractivity contribution in [1.82, 2.24) is 14.7 Å². The van der Waals surface area contributed by atoms with Crippen molar-refractivity contribution >= 4 is 23.4 Å². The molecular formula is C22H26ClN3O3. The van der Waals surface area contributed by atoms with E-state index < -0.39 is 0 Å². The zero-order valence-corrected chi connectivity index (χ0v) is 17.2. The first-order chi connectivity index (χ1) is 14.1. The lowest BCUT2D eigenvalue weighted by Gasteiger charge is -2.35. The van der Waals surface area contributed by atoms with Crippen molar-refractivity contribution in [3.63, 3.8) is 0 Å². The molecule has 154 valence electrons. The second kappa shape index (κ2) is 9.01. The van der Waals surface area contributed by atoms with Crippen LogP contribution in [0.2, 0.25) is 5.02 Å². The van der Waals surface area contributed by atoms with Crippen LogP contribution in [-0.2, 0) is 4.79 Å². The molecule has 4 rings (SSSR count). The van der Waals surface area contributed by atoms with Gasteiger partial charge in [0, 0.05) is 49.9 Å². The van der Waals surface area contributed by atoms with Gasteiger partial charge in [0.05, 0.1) is 6.54 Å². The van der Waals surface area contributed by atoms with Crippen LogP contribution in [0.4, 0.5) is 0 Å². The van der Waals surface area contributed by atoms with E-state index in [1.807, 2.05) is 23.1 Å². The highest BCUT2D eigenvalue weighted by atomic mass is 35.5. The Morgan fingerprint density at radius 2 is 1.52 bits per heavy atom. The fourth-order valence-corrected chi connectivity index (χ4v) is 4.05. The quantitative estimate of drug-likeness (QED) is 0.768. The molecule has 0 aliphatic carbocycles. The molecule has 29 heavy (non-hydrogen) atoms. The van der Waals surface area contributed by atoms with Crippen LogP contribution in [0.25, 0.3) is 11.3 Å². The minimum absolute atomic E-state index is 0.104. The van der Waals surface area contributed by atoms with E-state index in [1.165, 1.54) is 6.42 Å². The Morgan fingerprint density at radius 3 is 2.21 bits per heavy atom. The number of amides is 2. The van der Waals surface area contributed by atoms with E-state index in [4.69, 9.17) is 16.0 Å². The van der Waals surface area contributed by atoms with Gasteiger partial charge in [-0.05, 0) is 55.7 Å². The van der Waals surface area contributed by atoms with Gasteiger partial charge >= 0.3 is 0 Å². The minimum Gasteiger partial charge on any atom is -0.451 e. The monoisotopic (exact) mass is 415 g/mol. The van der Waals surface area contributed by atoms with Crippen molar-refractivity contribution in [2.45, 2.75) is 19.3 Å². The van der Waals surface area contributed by atoms with Gasteiger partial charge < -0.3 is 14.2 Å². The third-order valence-corrected chi connectivity index (χ3v) is 5.92. The first kappa shape index (κ1) is 20.0. The second-order valence-corrected chi connectivity index (χ2v) is 8.12. The number of rotatable bonds is 4. The number of furan rings is 1. The predicted molar refractivity (Wildman–Crippen MR) is 112 cm³/mol. The number of piperazine rings is 1. The SMILES string of the molecule is O=C(CN1CCN(C(=O)c2ccc(-c3ccc(Cl)cc3)o2)CC1)N1CCCCC1. The van der Waals surface area contributed by atoms with Crippen molar-refractivity contribution in [2.24, 2.45) is 0 Å². The topological polar surface area (TPSA) is 57.0 Å². The standard InChI is InChI=1S/C22H26ClN3O3/c23-18-6-4-17(5-7-18)19-8-9-20(29-19)22(28)26-14-12-24(13-15-26)16-21(27)25-10-2-1-3-11-25/h4-9H,1-3,10-16H2. The number of likely N-dealkylation sites (tertiary alicyclic amines) is 1. The van der Waals surface area contributed by atoms with Crippen molar-refractivity contribution in [1.29, 1.82) is 0 Å². The largest absolute Gasteiger partial charge is 0.451 e. The van der Waals surface area contributed by atoms with Crippen molar-refractivity contribution in [2.75, 3.05) is 45.8 Å². The van der Waals surface area contributed by atoms with Crippen molar-refractivity contribution < 1.29 is 14.0 Å². The van der Waals surface area contributed by atoms with Crippen LogP contribution in [0, 0.1) is 0 Å². The average Bonchev–Trinajstić information content (AvgIpc) is 3.25. The van der Waals surface area contributed by atoms with E-state index in [0.29, 0.717) is 49.3 Å². The van der Waals surface area contributed by atoms with E-state index in [0.717, 1.165) is 31.5 Å². The van der Waals surface area contributed by atoms with Gasteiger partial charge in [-0.2, -0.15) is 0 Å². The van der Waals surface area contributed by atoms with E-state index in [-0.39, 0.29) is 11.8 Å². The smallest absolute Gasteiger partial charge is 0.289 e. The lowest BCUT2D eigenvalue weighted by molar-refractivity contribution is -0.133. The van der Waals surface area contributed by atoms with E-state index in [2.05, 4.69) is 4.90 Å². The number of hydrogen-bond acceptors (Lipinski definition) is 4. The fourth-order valence-electron chi connectivity index (χ4n) is 3.92. The summed E-state index contributed by atoms with van der Waals surface area (Å²) in [5.74, 6) is 1.10. The lowest BCUT2D eigenvalue weighted by atomic mass is 10.1. The molecule has 2 aliphatic rings. The molecule has 2 aromatic rings. The number of benzene rings is 1. The van der Waals surface area contributed by atoms with E-state index in [9.17, 15) is 9.59 Å². The zero-order valence-electron chi connectivity index (χ0n) is 16.5. The molecule has 0 spiro atoms. The minimum atomic E-state index is -0.104. The van der Waals surface area contributed by atoms with E-state index in [1.54, 1.807) is 23.1 Å². The Morgan fingerprint density at radius 1 is 0.828 bits per heavy atom. The van der Waals surface area contributed by atoms with Gasteiger partial charge in [0.1, 0.15) is 5.76 Å². The molecule has 2 amide bonds. The molecule has 2 aliphatic heterocycles. The summed E-state index contributed by atoms with van der Waals surface area (Å²) in [7, 11) is 0. The van der Waals surface area contributed by atoms with Crippen LogP contribution in [0.3, 0.4) is 0 Å². The molecule has 0 unspecified atom stereocenters. The Hall–Kier alpha value is -2.31. The molecule has 0 N–H and O–H groups in total. The van der Waals surface area contributed by atoms with Gasteiger partial charge in [0.25, 0.3) is 5.91 Å². The van der Waals surface area contributed by atoms with Gasteiger partial charge in [0.2, 0.25) is 5.91 Å². The summed E-state index contributed by atoms with van der Waals surface area (Å²) in [6.07, 6.45) is 3.43. The van der Waals surface area contributed by atoms with Crippen LogP contribution >= 0.6 is 11.6 Å². The molecule has 1 aromatic carbocycles. The molecular weight excluding hydrogens is 390 g/mol. The number of carbonyl (C=O) groups is 2. The first-order valence-electron chi connectivity index (χ1n) is 10.3. The molecule has 3 heterocycles. The average molecular weight is 416 g/mol. The highest BCUT2D eigenvalue weighted by Gasteiger charge is 2.26. The maximum atomic E-state index is 12.8. The summed E-state index contributed by atoms with van der Waals surface area (Å²) in [5.41, 5.74) is 0.884. The second-order valence-electron chi connectivity index (χ2n) is 7.68. The normalized spacial score (nSPS) is 18.1. The molecule has 0 atom stereocenters. The molecule has 6 nitrogen and oxygen atoms in total. The molecule has 2 fully saturated rings. The van der Waals surface area contributed by atoms with Gasteiger partial charge in [-0.15, -0.1) is 0 Å². The fraction of sp³-hybridized carbons (Fsp3) is 0.455. The molecule has 0 bridgehead atoms.